The quantitative estimate of drug-likeness (QED) is 0.142. The van der Waals surface area contributed by atoms with Crippen LogP contribution in [-0.4, -0.2) is 44.1 Å². The van der Waals surface area contributed by atoms with Crippen LogP contribution >= 0.6 is 0 Å². The minimum atomic E-state index is -0.115. The molecule has 0 spiro atoms. The predicted octanol–water partition coefficient (Wildman–Crippen LogP) is 5.40. The molecule has 0 atom stereocenters. The molecule has 0 aromatic heterocycles. The first-order valence-corrected chi connectivity index (χ1v) is 13.0. The zero-order valence-corrected chi connectivity index (χ0v) is 24.7. The van der Waals surface area contributed by atoms with Gasteiger partial charge in [-0.15, -0.1) is 0 Å². The summed E-state index contributed by atoms with van der Waals surface area (Å²) in [5.74, 6) is 0.314. The number of phenolic OH excluding ortho intramolecular Hbond substituents is 4. The number of hydrogen-bond acceptors (Lipinski definition) is 8. The standard InChI is InChI=1S/4C8H9NO2/c4*1-6(10)9-7-2-4-8(11)5-3-7/h4*2-5,11H,1H3,(H,9,10). The topological polar surface area (TPSA) is 197 Å². The van der Waals surface area contributed by atoms with E-state index in [0.717, 1.165) is 0 Å². The second-order valence-electron chi connectivity index (χ2n) is 8.91. The molecule has 4 amide bonds. The molecule has 0 fully saturated rings. The first-order chi connectivity index (χ1) is 20.7. The Morgan fingerprint density at radius 3 is 0.591 bits per heavy atom. The van der Waals surface area contributed by atoms with Crippen molar-refractivity contribution in [1.82, 2.24) is 0 Å². The largest absolute Gasteiger partial charge is 0.508 e. The minimum absolute atomic E-state index is 0.115. The number of phenols is 4. The summed E-state index contributed by atoms with van der Waals surface area (Å²) in [6.45, 7) is 5.75. The number of amides is 4. The van der Waals surface area contributed by atoms with Crippen LogP contribution in [-0.2, 0) is 19.2 Å². The van der Waals surface area contributed by atoms with Crippen molar-refractivity contribution >= 4 is 46.4 Å². The molecule has 4 aromatic rings. The molecule has 4 rings (SSSR count). The third kappa shape index (κ3) is 17.6. The number of carbonyl (C=O) groups excluding carboxylic acids is 4. The van der Waals surface area contributed by atoms with Gasteiger partial charge >= 0.3 is 0 Å². The number of benzene rings is 4. The molecule has 0 aliphatic heterocycles. The predicted molar refractivity (Wildman–Crippen MR) is 170 cm³/mol. The van der Waals surface area contributed by atoms with Crippen LogP contribution in [0.25, 0.3) is 0 Å². The van der Waals surface area contributed by atoms with Crippen molar-refractivity contribution in [2.24, 2.45) is 0 Å². The van der Waals surface area contributed by atoms with E-state index >= 15 is 0 Å². The molecule has 12 nitrogen and oxygen atoms in total. The van der Waals surface area contributed by atoms with Crippen molar-refractivity contribution in [3.05, 3.63) is 97.1 Å². The van der Waals surface area contributed by atoms with Gasteiger partial charge in [0.1, 0.15) is 23.0 Å². The number of carbonyl (C=O) groups is 4. The van der Waals surface area contributed by atoms with Gasteiger partial charge in [-0.2, -0.15) is 0 Å². The Morgan fingerprint density at radius 1 is 0.341 bits per heavy atom. The number of anilines is 4. The second kappa shape index (κ2) is 19.1. The average Bonchev–Trinajstić information content (AvgIpc) is 2.94. The van der Waals surface area contributed by atoms with Crippen LogP contribution in [0.15, 0.2) is 97.1 Å². The highest BCUT2D eigenvalue weighted by molar-refractivity contribution is 5.90. The van der Waals surface area contributed by atoms with E-state index < -0.39 is 0 Å². The Hall–Kier alpha value is -6.04. The van der Waals surface area contributed by atoms with Crippen molar-refractivity contribution in [2.75, 3.05) is 21.3 Å². The van der Waals surface area contributed by atoms with E-state index in [-0.39, 0.29) is 46.6 Å². The van der Waals surface area contributed by atoms with Gasteiger partial charge in [-0.05, 0) is 97.1 Å². The summed E-state index contributed by atoms with van der Waals surface area (Å²) in [6.07, 6.45) is 0. The minimum Gasteiger partial charge on any atom is -0.508 e. The Balaban J connectivity index is 0.000000293. The van der Waals surface area contributed by atoms with Crippen LogP contribution < -0.4 is 21.3 Å². The van der Waals surface area contributed by atoms with E-state index in [1.807, 2.05) is 0 Å². The van der Waals surface area contributed by atoms with Crippen LogP contribution in [0, 0.1) is 0 Å². The molecule has 0 aliphatic carbocycles. The van der Waals surface area contributed by atoms with Crippen molar-refractivity contribution in [2.45, 2.75) is 27.7 Å². The first kappa shape index (κ1) is 36.0. The zero-order chi connectivity index (χ0) is 33.1. The average molecular weight is 605 g/mol. The van der Waals surface area contributed by atoms with E-state index in [1.165, 1.54) is 76.2 Å². The van der Waals surface area contributed by atoms with Gasteiger partial charge in [-0.3, -0.25) is 19.2 Å². The lowest BCUT2D eigenvalue weighted by atomic mass is 10.3. The molecule has 4 aromatic carbocycles. The van der Waals surface area contributed by atoms with Gasteiger partial charge in [0.2, 0.25) is 23.6 Å². The van der Waals surface area contributed by atoms with Crippen LogP contribution in [0.4, 0.5) is 22.7 Å². The Morgan fingerprint density at radius 2 is 0.477 bits per heavy atom. The molecular formula is C32H36N4O8. The maximum Gasteiger partial charge on any atom is 0.221 e. The summed E-state index contributed by atoms with van der Waals surface area (Å²) in [6, 6.07) is 25.2. The third-order valence-corrected chi connectivity index (χ3v) is 4.75. The molecule has 12 heteroatoms. The molecule has 0 radical (unpaired) electrons. The lowest BCUT2D eigenvalue weighted by molar-refractivity contribution is -0.115. The van der Waals surface area contributed by atoms with Crippen LogP contribution in [0.5, 0.6) is 23.0 Å². The molecule has 0 heterocycles. The Bertz CT molecular complexity index is 1240. The van der Waals surface area contributed by atoms with Crippen LogP contribution in [0.3, 0.4) is 0 Å². The first-order valence-electron chi connectivity index (χ1n) is 13.0. The van der Waals surface area contributed by atoms with Crippen LogP contribution in [0.2, 0.25) is 0 Å². The number of rotatable bonds is 4. The van der Waals surface area contributed by atoms with Gasteiger partial charge < -0.3 is 41.7 Å². The number of hydrogen-bond donors (Lipinski definition) is 8. The summed E-state index contributed by atoms with van der Waals surface area (Å²) in [7, 11) is 0. The van der Waals surface area contributed by atoms with Gasteiger partial charge in [0.25, 0.3) is 0 Å². The summed E-state index contributed by atoms with van der Waals surface area (Å²) >= 11 is 0. The monoisotopic (exact) mass is 604 g/mol. The zero-order valence-electron chi connectivity index (χ0n) is 24.7. The molecule has 0 unspecified atom stereocenters. The highest BCUT2D eigenvalue weighted by Gasteiger charge is 1.96. The van der Waals surface area contributed by atoms with E-state index in [9.17, 15) is 19.2 Å². The van der Waals surface area contributed by atoms with E-state index in [1.54, 1.807) is 48.5 Å². The van der Waals surface area contributed by atoms with E-state index in [0.29, 0.717) is 22.7 Å². The maximum absolute atomic E-state index is 10.5. The van der Waals surface area contributed by atoms with Gasteiger partial charge in [-0.1, -0.05) is 0 Å². The maximum atomic E-state index is 10.5. The van der Waals surface area contributed by atoms with E-state index in [4.69, 9.17) is 20.4 Å². The SMILES string of the molecule is CC(=O)Nc1ccc(O)cc1.CC(=O)Nc1ccc(O)cc1.CC(=O)Nc1ccc(O)cc1.CC(=O)Nc1ccc(O)cc1. The smallest absolute Gasteiger partial charge is 0.221 e. The lowest BCUT2D eigenvalue weighted by Gasteiger charge is -1.99. The molecule has 8 N–H and O–H groups in total. The molecule has 0 bridgehead atoms. The molecule has 0 saturated heterocycles. The third-order valence-electron chi connectivity index (χ3n) is 4.75. The fourth-order valence-corrected chi connectivity index (χ4v) is 2.99. The normalized spacial score (nSPS) is 9.18. The van der Waals surface area contributed by atoms with Crippen LogP contribution in [0.1, 0.15) is 27.7 Å². The van der Waals surface area contributed by atoms with Crippen molar-refractivity contribution in [3.63, 3.8) is 0 Å². The molecule has 0 saturated carbocycles. The van der Waals surface area contributed by atoms with Crippen molar-refractivity contribution in [1.29, 1.82) is 0 Å². The summed E-state index contributed by atoms with van der Waals surface area (Å²) in [5, 5.41) is 45.8. The van der Waals surface area contributed by atoms with Gasteiger partial charge in [0, 0.05) is 50.4 Å². The number of aromatic hydroxyl groups is 4. The number of nitrogens with one attached hydrogen (secondary N) is 4. The summed E-state index contributed by atoms with van der Waals surface area (Å²) in [5.41, 5.74) is 2.76. The second-order valence-corrected chi connectivity index (χ2v) is 8.91. The molecule has 44 heavy (non-hydrogen) atoms. The van der Waals surface area contributed by atoms with Gasteiger partial charge in [0.15, 0.2) is 0 Å². The molecule has 0 aliphatic rings. The molecular weight excluding hydrogens is 568 g/mol. The Kier molecular flexibility index (Phi) is 15.7. The van der Waals surface area contributed by atoms with Crippen molar-refractivity contribution in [3.8, 4) is 23.0 Å². The van der Waals surface area contributed by atoms with Gasteiger partial charge in [-0.25, -0.2) is 0 Å². The molecule has 232 valence electrons. The summed E-state index contributed by atoms with van der Waals surface area (Å²) < 4.78 is 0. The summed E-state index contributed by atoms with van der Waals surface area (Å²) in [4.78, 5) is 42.1. The van der Waals surface area contributed by atoms with E-state index in [2.05, 4.69) is 21.3 Å². The fourth-order valence-electron chi connectivity index (χ4n) is 2.99. The lowest BCUT2D eigenvalue weighted by Crippen LogP contribution is -2.04. The highest BCUT2D eigenvalue weighted by atomic mass is 16.3. The van der Waals surface area contributed by atoms with Gasteiger partial charge in [0.05, 0.1) is 0 Å². The fraction of sp³-hybridized carbons (Fsp3) is 0.125. The Labute approximate surface area is 255 Å². The highest BCUT2D eigenvalue weighted by Crippen LogP contribution is 2.15. The van der Waals surface area contributed by atoms with Crippen molar-refractivity contribution < 1.29 is 39.6 Å².